The summed E-state index contributed by atoms with van der Waals surface area (Å²) in [5.41, 5.74) is 8.74. The van der Waals surface area contributed by atoms with Crippen LogP contribution >= 0.6 is 0 Å². The van der Waals surface area contributed by atoms with Crippen LogP contribution in [0, 0.1) is 0 Å². The van der Waals surface area contributed by atoms with Gasteiger partial charge in [0.2, 0.25) is 0 Å². The summed E-state index contributed by atoms with van der Waals surface area (Å²) >= 11 is 0. The summed E-state index contributed by atoms with van der Waals surface area (Å²) in [7, 11) is 0. The molecule has 1 aromatic carbocycles. The van der Waals surface area contributed by atoms with Crippen LogP contribution in [0.1, 0.15) is 28.5 Å². The average Bonchev–Trinajstić information content (AvgIpc) is 3.33. The summed E-state index contributed by atoms with van der Waals surface area (Å²) in [4.78, 5) is 16.4. The van der Waals surface area contributed by atoms with E-state index in [1.165, 1.54) is 0 Å². The first-order valence-electron chi connectivity index (χ1n) is 8.12. The van der Waals surface area contributed by atoms with Crippen molar-refractivity contribution in [3.05, 3.63) is 78.4 Å². The Hall–Kier alpha value is -3.03. The van der Waals surface area contributed by atoms with E-state index >= 15 is 0 Å². The van der Waals surface area contributed by atoms with Gasteiger partial charge in [-0.05, 0) is 35.9 Å². The molecule has 0 spiro atoms. The highest BCUT2D eigenvalue weighted by molar-refractivity contribution is 5.92. The molecule has 0 bridgehead atoms. The van der Waals surface area contributed by atoms with Crippen molar-refractivity contribution in [1.29, 1.82) is 0 Å². The lowest BCUT2D eigenvalue weighted by Gasteiger charge is -2.11. The SMILES string of the molecule is O=C(NC1CC(c2ccncc2)NN1)c1ccn(-c2ccccc2)n1. The fraction of sp³-hybridized carbons (Fsp3) is 0.167. The third-order valence-corrected chi connectivity index (χ3v) is 4.16. The Kier molecular flexibility index (Phi) is 4.24. The summed E-state index contributed by atoms with van der Waals surface area (Å²) in [6.45, 7) is 0. The molecule has 3 N–H and O–H groups in total. The number of amides is 1. The Morgan fingerprint density at radius 3 is 2.68 bits per heavy atom. The van der Waals surface area contributed by atoms with Gasteiger partial charge < -0.3 is 5.32 Å². The second-order valence-corrected chi connectivity index (χ2v) is 5.86. The molecule has 1 fully saturated rings. The Morgan fingerprint density at radius 2 is 1.88 bits per heavy atom. The fourth-order valence-electron chi connectivity index (χ4n) is 2.87. The van der Waals surface area contributed by atoms with Gasteiger partial charge in [-0.15, -0.1) is 0 Å². The Balaban J connectivity index is 1.39. The maximum atomic E-state index is 12.4. The highest BCUT2D eigenvalue weighted by atomic mass is 16.2. The number of nitrogens with zero attached hydrogens (tertiary/aromatic N) is 3. The van der Waals surface area contributed by atoms with E-state index in [-0.39, 0.29) is 18.1 Å². The predicted molar refractivity (Wildman–Crippen MR) is 92.7 cm³/mol. The van der Waals surface area contributed by atoms with Crippen molar-refractivity contribution in [2.24, 2.45) is 0 Å². The van der Waals surface area contributed by atoms with Crippen molar-refractivity contribution in [1.82, 2.24) is 30.9 Å². The van der Waals surface area contributed by atoms with E-state index in [9.17, 15) is 4.79 Å². The van der Waals surface area contributed by atoms with Gasteiger partial charge in [-0.3, -0.25) is 9.78 Å². The summed E-state index contributed by atoms with van der Waals surface area (Å²) < 4.78 is 1.69. The Bertz CT molecular complexity index is 848. The molecule has 2 atom stereocenters. The van der Waals surface area contributed by atoms with Crippen LogP contribution in [0.5, 0.6) is 0 Å². The highest BCUT2D eigenvalue weighted by Gasteiger charge is 2.26. The molecule has 2 aromatic heterocycles. The molecule has 7 heteroatoms. The normalized spacial score (nSPS) is 19.7. The lowest BCUT2D eigenvalue weighted by Crippen LogP contribution is -2.44. The summed E-state index contributed by atoms with van der Waals surface area (Å²) in [6.07, 6.45) is 5.89. The molecular weight excluding hydrogens is 316 g/mol. The molecule has 126 valence electrons. The van der Waals surface area contributed by atoms with Crippen LogP contribution in [0.25, 0.3) is 5.69 Å². The minimum atomic E-state index is -0.204. The van der Waals surface area contributed by atoms with Crippen molar-refractivity contribution in [2.45, 2.75) is 18.6 Å². The quantitative estimate of drug-likeness (QED) is 0.674. The van der Waals surface area contributed by atoms with Crippen LogP contribution in [0.4, 0.5) is 0 Å². The minimum absolute atomic E-state index is 0.134. The number of hydrazine groups is 1. The maximum absolute atomic E-state index is 12.4. The molecule has 0 saturated carbocycles. The molecule has 3 heterocycles. The van der Waals surface area contributed by atoms with Crippen molar-refractivity contribution >= 4 is 5.91 Å². The van der Waals surface area contributed by atoms with Gasteiger partial charge in [0.15, 0.2) is 5.69 Å². The van der Waals surface area contributed by atoms with E-state index in [1.807, 2.05) is 42.5 Å². The summed E-state index contributed by atoms with van der Waals surface area (Å²) in [5, 5.41) is 7.30. The highest BCUT2D eigenvalue weighted by Crippen LogP contribution is 2.20. The number of hydrogen-bond donors (Lipinski definition) is 3. The van der Waals surface area contributed by atoms with Crippen LogP contribution < -0.4 is 16.2 Å². The predicted octanol–water partition coefficient (Wildman–Crippen LogP) is 1.56. The number of carbonyl (C=O) groups is 1. The number of rotatable bonds is 4. The molecule has 1 amide bonds. The third-order valence-electron chi connectivity index (χ3n) is 4.16. The van der Waals surface area contributed by atoms with E-state index < -0.39 is 0 Å². The van der Waals surface area contributed by atoms with Crippen LogP contribution in [0.2, 0.25) is 0 Å². The second kappa shape index (κ2) is 6.84. The molecule has 1 aliphatic rings. The number of aromatic nitrogens is 3. The molecule has 3 aromatic rings. The fourth-order valence-corrected chi connectivity index (χ4v) is 2.87. The first-order valence-corrected chi connectivity index (χ1v) is 8.12. The van der Waals surface area contributed by atoms with Gasteiger partial charge in [0.1, 0.15) is 0 Å². The molecule has 25 heavy (non-hydrogen) atoms. The zero-order valence-electron chi connectivity index (χ0n) is 13.5. The monoisotopic (exact) mass is 334 g/mol. The van der Waals surface area contributed by atoms with Gasteiger partial charge in [-0.1, -0.05) is 18.2 Å². The Labute approximate surface area is 145 Å². The van der Waals surface area contributed by atoms with Crippen LogP contribution in [-0.2, 0) is 0 Å². The van der Waals surface area contributed by atoms with Gasteiger partial charge in [0, 0.05) is 31.1 Å². The zero-order chi connectivity index (χ0) is 17.1. The standard InChI is InChI=1S/C18H18N6O/c25-18(15-8-11-24(23-15)14-4-2-1-3-5-14)20-17-12-16(21-22-17)13-6-9-19-10-7-13/h1-11,16-17,21-22H,12H2,(H,20,25). The van der Waals surface area contributed by atoms with Crippen LogP contribution in [0.3, 0.4) is 0 Å². The van der Waals surface area contributed by atoms with Gasteiger partial charge in [0.25, 0.3) is 5.91 Å². The topological polar surface area (TPSA) is 83.9 Å². The molecule has 2 unspecified atom stereocenters. The molecule has 0 radical (unpaired) electrons. The maximum Gasteiger partial charge on any atom is 0.273 e. The molecule has 4 rings (SSSR count). The van der Waals surface area contributed by atoms with E-state index in [0.717, 1.165) is 17.7 Å². The molecule has 0 aliphatic carbocycles. The second-order valence-electron chi connectivity index (χ2n) is 5.86. The minimum Gasteiger partial charge on any atom is -0.334 e. The number of carbonyl (C=O) groups excluding carboxylic acids is 1. The number of para-hydroxylation sites is 1. The van der Waals surface area contributed by atoms with Crippen molar-refractivity contribution in [3.8, 4) is 5.69 Å². The van der Waals surface area contributed by atoms with E-state index in [1.54, 1.807) is 29.3 Å². The van der Waals surface area contributed by atoms with Gasteiger partial charge >= 0.3 is 0 Å². The van der Waals surface area contributed by atoms with Gasteiger partial charge in [-0.25, -0.2) is 15.5 Å². The Morgan fingerprint density at radius 1 is 1.08 bits per heavy atom. The van der Waals surface area contributed by atoms with Crippen molar-refractivity contribution < 1.29 is 4.79 Å². The number of benzene rings is 1. The van der Waals surface area contributed by atoms with Crippen LogP contribution in [-0.4, -0.2) is 26.8 Å². The van der Waals surface area contributed by atoms with Gasteiger partial charge in [0.05, 0.1) is 11.9 Å². The van der Waals surface area contributed by atoms with E-state index in [0.29, 0.717) is 5.69 Å². The first-order chi connectivity index (χ1) is 12.3. The lowest BCUT2D eigenvalue weighted by atomic mass is 10.1. The number of nitrogens with one attached hydrogen (secondary N) is 3. The summed E-state index contributed by atoms with van der Waals surface area (Å²) in [6, 6.07) is 15.5. The zero-order valence-corrected chi connectivity index (χ0v) is 13.5. The molecule has 1 aliphatic heterocycles. The summed E-state index contributed by atoms with van der Waals surface area (Å²) in [5.74, 6) is -0.204. The number of pyridine rings is 1. The van der Waals surface area contributed by atoms with E-state index in [4.69, 9.17) is 0 Å². The number of hydrogen-bond acceptors (Lipinski definition) is 5. The average molecular weight is 334 g/mol. The molecule has 7 nitrogen and oxygen atoms in total. The van der Waals surface area contributed by atoms with Gasteiger partial charge in [-0.2, -0.15) is 5.10 Å². The third kappa shape index (κ3) is 3.42. The van der Waals surface area contributed by atoms with Crippen molar-refractivity contribution in [2.75, 3.05) is 0 Å². The van der Waals surface area contributed by atoms with Crippen LogP contribution in [0.15, 0.2) is 67.1 Å². The van der Waals surface area contributed by atoms with E-state index in [2.05, 4.69) is 26.3 Å². The molecular formula is C18H18N6O. The largest absolute Gasteiger partial charge is 0.334 e. The van der Waals surface area contributed by atoms with Crippen molar-refractivity contribution in [3.63, 3.8) is 0 Å². The molecule has 1 saturated heterocycles. The lowest BCUT2D eigenvalue weighted by molar-refractivity contribution is 0.0927. The first kappa shape index (κ1) is 15.5. The smallest absolute Gasteiger partial charge is 0.273 e.